The van der Waals surface area contributed by atoms with Gasteiger partial charge in [0, 0.05) is 0 Å². The lowest BCUT2D eigenvalue weighted by atomic mass is 9.44. The molecule has 0 aromatic carbocycles. The van der Waals surface area contributed by atoms with Gasteiger partial charge in [0.25, 0.3) is 0 Å². The van der Waals surface area contributed by atoms with E-state index in [1.54, 1.807) is 0 Å². The molecule has 8 atom stereocenters. The molecular weight excluding hydrogens is 360 g/mol. The van der Waals surface area contributed by atoms with Crippen molar-refractivity contribution in [2.24, 2.45) is 34.5 Å². The van der Waals surface area contributed by atoms with Crippen molar-refractivity contribution in [3.05, 3.63) is 11.6 Å². The summed E-state index contributed by atoms with van der Waals surface area (Å²) in [5.41, 5.74) is 0.481. The van der Waals surface area contributed by atoms with Crippen molar-refractivity contribution in [2.45, 2.75) is 116 Å². The Morgan fingerprint density at radius 3 is 2.45 bits per heavy atom. The van der Waals surface area contributed by atoms with Gasteiger partial charge in [-0.05, 0) is 113 Å². The lowest BCUT2D eigenvalue weighted by Crippen LogP contribution is -2.58. The Bertz CT molecular complexity index is 659. The van der Waals surface area contributed by atoms with Crippen LogP contribution < -0.4 is 0 Å². The number of hydrogen-bond acceptors (Lipinski definition) is 3. The highest BCUT2D eigenvalue weighted by Crippen LogP contribution is 2.68. The molecule has 4 aliphatic rings. The van der Waals surface area contributed by atoms with E-state index in [1.807, 2.05) is 20.8 Å². The fourth-order valence-corrected chi connectivity index (χ4v) is 8.35. The quantitative estimate of drug-likeness (QED) is 0.562. The van der Waals surface area contributed by atoms with Crippen molar-refractivity contribution in [3.63, 3.8) is 0 Å². The molecule has 5 unspecified atom stereocenters. The van der Waals surface area contributed by atoms with Crippen LogP contribution >= 0.6 is 0 Å². The van der Waals surface area contributed by atoms with Gasteiger partial charge in [-0.15, -0.1) is 0 Å². The van der Waals surface area contributed by atoms with Gasteiger partial charge in [-0.1, -0.05) is 31.9 Å². The van der Waals surface area contributed by atoms with E-state index >= 15 is 0 Å². The molecule has 0 spiro atoms. The minimum Gasteiger partial charge on any atom is -0.393 e. The van der Waals surface area contributed by atoms with Crippen LogP contribution in [0, 0.1) is 34.5 Å². The monoisotopic (exact) mass is 404 g/mol. The smallest absolute Gasteiger partial charge is 0.0836 e. The fraction of sp³-hybridized carbons (Fsp3) is 0.923. The Hall–Kier alpha value is -0.380. The van der Waals surface area contributed by atoms with E-state index in [0.717, 1.165) is 38.0 Å². The molecule has 166 valence electrons. The maximum Gasteiger partial charge on any atom is 0.0836 e. The van der Waals surface area contributed by atoms with Crippen LogP contribution in [0.3, 0.4) is 0 Å². The zero-order valence-electron chi connectivity index (χ0n) is 19.4. The highest BCUT2D eigenvalue weighted by Gasteiger charge is 2.62. The molecule has 0 aromatic heterocycles. The third kappa shape index (κ3) is 3.64. The Balaban J connectivity index is 1.58. The summed E-state index contributed by atoms with van der Waals surface area (Å²) in [4.78, 5) is 0. The molecule has 3 N–H and O–H groups in total. The van der Waals surface area contributed by atoms with E-state index in [-0.39, 0.29) is 11.5 Å². The molecule has 0 saturated heterocycles. The number of fused-ring (bicyclic) bond motifs is 5. The molecule has 3 nitrogen and oxygen atoms in total. The SMILES string of the molecule is CC(C)(O)CCC[C@H]1CCC2[C@H]3C(CCC21C)[C@@]1(C)CCC(O)CC1=CC3(C)O. The molecule has 0 aliphatic heterocycles. The Labute approximate surface area is 178 Å². The molecule has 4 rings (SSSR count). The summed E-state index contributed by atoms with van der Waals surface area (Å²) in [6, 6.07) is 0. The van der Waals surface area contributed by atoms with Gasteiger partial charge in [-0.25, -0.2) is 0 Å². The van der Waals surface area contributed by atoms with Gasteiger partial charge in [-0.3, -0.25) is 0 Å². The van der Waals surface area contributed by atoms with Crippen LogP contribution in [0.5, 0.6) is 0 Å². The fourth-order valence-electron chi connectivity index (χ4n) is 8.35. The summed E-state index contributed by atoms with van der Waals surface area (Å²) in [6.45, 7) is 10.8. The molecule has 3 saturated carbocycles. The van der Waals surface area contributed by atoms with Crippen molar-refractivity contribution >= 4 is 0 Å². The lowest BCUT2D eigenvalue weighted by molar-refractivity contribution is -0.130. The summed E-state index contributed by atoms with van der Waals surface area (Å²) in [6.07, 6.45) is 12.8. The standard InChI is InChI=1S/C26H44O3/c1-23(2,28)12-6-7-17-8-9-20-22-21(11-14-24(17,20)3)25(4)13-10-19(27)15-18(25)16-26(22,5)29/h16-17,19-22,27-29H,6-15H2,1-5H3/t17-,19?,20?,21?,22-,24?,25-,26?/m0/s1. The zero-order valence-corrected chi connectivity index (χ0v) is 19.4. The van der Waals surface area contributed by atoms with E-state index in [9.17, 15) is 15.3 Å². The van der Waals surface area contributed by atoms with Crippen molar-refractivity contribution in [3.8, 4) is 0 Å². The average Bonchev–Trinajstić information content (AvgIpc) is 2.92. The van der Waals surface area contributed by atoms with Crippen LogP contribution in [0.4, 0.5) is 0 Å². The molecule has 0 radical (unpaired) electrons. The first-order valence-corrected chi connectivity index (χ1v) is 12.2. The van der Waals surface area contributed by atoms with Gasteiger partial charge in [-0.2, -0.15) is 0 Å². The molecule has 0 heterocycles. The van der Waals surface area contributed by atoms with Gasteiger partial charge in [0.1, 0.15) is 0 Å². The number of aliphatic hydroxyl groups is 3. The topological polar surface area (TPSA) is 60.7 Å². The van der Waals surface area contributed by atoms with Crippen molar-refractivity contribution < 1.29 is 15.3 Å². The molecular formula is C26H44O3. The van der Waals surface area contributed by atoms with Crippen LogP contribution in [-0.2, 0) is 0 Å². The first-order chi connectivity index (χ1) is 13.4. The van der Waals surface area contributed by atoms with E-state index in [4.69, 9.17) is 0 Å². The minimum absolute atomic E-state index is 0.159. The number of hydrogen-bond donors (Lipinski definition) is 3. The second-order valence-electron chi connectivity index (χ2n) is 12.5. The predicted octanol–water partition coefficient (Wildman–Crippen LogP) is 5.23. The maximum atomic E-state index is 11.6. The predicted molar refractivity (Wildman–Crippen MR) is 117 cm³/mol. The first kappa shape index (κ1) is 21.8. The number of rotatable bonds is 4. The van der Waals surface area contributed by atoms with Crippen LogP contribution in [-0.4, -0.2) is 32.6 Å². The maximum absolute atomic E-state index is 11.6. The summed E-state index contributed by atoms with van der Waals surface area (Å²) in [7, 11) is 0. The molecule has 0 aromatic rings. The molecule has 4 aliphatic carbocycles. The van der Waals surface area contributed by atoms with Crippen molar-refractivity contribution in [1.29, 1.82) is 0 Å². The highest BCUT2D eigenvalue weighted by molar-refractivity contribution is 5.30. The van der Waals surface area contributed by atoms with Crippen molar-refractivity contribution in [1.82, 2.24) is 0 Å². The summed E-state index contributed by atoms with van der Waals surface area (Å²) >= 11 is 0. The van der Waals surface area contributed by atoms with E-state index in [0.29, 0.717) is 23.2 Å². The second kappa shape index (κ2) is 7.07. The summed E-state index contributed by atoms with van der Waals surface area (Å²) < 4.78 is 0. The minimum atomic E-state index is -0.759. The number of aliphatic hydroxyl groups excluding tert-OH is 1. The second-order valence-corrected chi connectivity index (χ2v) is 12.5. The molecule has 0 amide bonds. The molecule has 3 heteroatoms. The van der Waals surface area contributed by atoms with Gasteiger partial charge in [0.2, 0.25) is 0 Å². The largest absolute Gasteiger partial charge is 0.393 e. The van der Waals surface area contributed by atoms with Gasteiger partial charge in [0.05, 0.1) is 17.3 Å². The van der Waals surface area contributed by atoms with Crippen LogP contribution in [0.1, 0.15) is 98.8 Å². The van der Waals surface area contributed by atoms with E-state index in [2.05, 4.69) is 19.9 Å². The third-order valence-electron chi connectivity index (χ3n) is 9.95. The lowest BCUT2D eigenvalue weighted by Gasteiger charge is -2.61. The average molecular weight is 405 g/mol. The van der Waals surface area contributed by atoms with Gasteiger partial charge in [0.15, 0.2) is 0 Å². The zero-order chi connectivity index (χ0) is 21.2. The molecule has 29 heavy (non-hydrogen) atoms. The van der Waals surface area contributed by atoms with Gasteiger partial charge >= 0.3 is 0 Å². The van der Waals surface area contributed by atoms with Crippen LogP contribution in [0.25, 0.3) is 0 Å². The van der Waals surface area contributed by atoms with E-state index in [1.165, 1.54) is 37.7 Å². The van der Waals surface area contributed by atoms with Crippen LogP contribution in [0.2, 0.25) is 0 Å². The Morgan fingerprint density at radius 2 is 1.76 bits per heavy atom. The van der Waals surface area contributed by atoms with Crippen LogP contribution in [0.15, 0.2) is 11.6 Å². The third-order valence-corrected chi connectivity index (χ3v) is 9.95. The van der Waals surface area contributed by atoms with Gasteiger partial charge < -0.3 is 15.3 Å². The Kier molecular flexibility index (Phi) is 5.32. The molecule has 3 fully saturated rings. The molecule has 0 bridgehead atoms. The summed E-state index contributed by atoms with van der Waals surface area (Å²) in [5.74, 6) is 2.19. The normalized spacial score (nSPS) is 49.8. The van der Waals surface area contributed by atoms with E-state index < -0.39 is 11.2 Å². The highest BCUT2D eigenvalue weighted by atomic mass is 16.3. The first-order valence-electron chi connectivity index (χ1n) is 12.2. The summed E-state index contributed by atoms with van der Waals surface area (Å²) in [5, 5.41) is 32.0. The Morgan fingerprint density at radius 1 is 1.03 bits per heavy atom. The van der Waals surface area contributed by atoms with Crippen molar-refractivity contribution in [2.75, 3.05) is 0 Å².